The molecule has 1 aromatic carbocycles. The molecule has 1 heterocycles. The molecule has 1 aliphatic heterocycles. The molecule has 2 amide bonds. The van der Waals surface area contributed by atoms with Crippen LogP contribution in [-0.4, -0.2) is 22.8 Å². The predicted octanol–water partition coefficient (Wildman–Crippen LogP) is 1.85. The minimum absolute atomic E-state index is 0.175. The zero-order chi connectivity index (χ0) is 16.2. The standard InChI is InChI=1S/C17H12N2O4/c18-9-17(8-10-5-6-11(17)7-10)16(22)23-19-14(20)12-3-1-2-4-13(12)15(19)21/h1-6,10-11H,7-8H2. The average molecular weight is 308 g/mol. The number of benzene rings is 1. The number of rotatable bonds is 2. The molecule has 2 bridgehead atoms. The Morgan fingerprint density at radius 1 is 1.22 bits per heavy atom. The van der Waals surface area contributed by atoms with Crippen molar-refractivity contribution in [1.29, 1.82) is 5.26 Å². The zero-order valence-corrected chi connectivity index (χ0v) is 12.1. The number of fused-ring (bicyclic) bond motifs is 3. The number of hydrogen-bond donors (Lipinski definition) is 0. The van der Waals surface area contributed by atoms with Gasteiger partial charge in [-0.05, 0) is 30.9 Å². The summed E-state index contributed by atoms with van der Waals surface area (Å²) in [5.41, 5.74) is -0.914. The SMILES string of the molecule is N#CC1(C(=O)ON2C(=O)c3ccccc3C2=O)CC2C=CC1C2. The maximum atomic E-state index is 12.6. The van der Waals surface area contributed by atoms with Gasteiger partial charge in [0, 0.05) is 5.92 Å². The van der Waals surface area contributed by atoms with Gasteiger partial charge >= 0.3 is 5.97 Å². The number of hydroxylamine groups is 2. The summed E-state index contributed by atoms with van der Waals surface area (Å²) in [4.78, 5) is 42.1. The Labute approximate surface area is 131 Å². The van der Waals surface area contributed by atoms with Crippen LogP contribution in [0, 0.1) is 28.6 Å². The van der Waals surface area contributed by atoms with Gasteiger partial charge in [-0.3, -0.25) is 9.59 Å². The lowest BCUT2D eigenvalue weighted by atomic mass is 9.77. The van der Waals surface area contributed by atoms with Crippen molar-refractivity contribution in [2.75, 3.05) is 0 Å². The van der Waals surface area contributed by atoms with Gasteiger partial charge in [0.25, 0.3) is 11.8 Å². The first-order valence-electron chi connectivity index (χ1n) is 7.36. The van der Waals surface area contributed by atoms with E-state index in [2.05, 4.69) is 6.07 Å². The lowest BCUT2D eigenvalue weighted by Crippen LogP contribution is -2.42. The molecule has 4 rings (SSSR count). The number of imide groups is 1. The molecule has 23 heavy (non-hydrogen) atoms. The van der Waals surface area contributed by atoms with Crippen LogP contribution in [0.5, 0.6) is 0 Å². The van der Waals surface area contributed by atoms with Crippen LogP contribution < -0.4 is 0 Å². The Kier molecular flexibility index (Phi) is 2.70. The van der Waals surface area contributed by atoms with E-state index in [0.29, 0.717) is 11.5 Å². The van der Waals surface area contributed by atoms with Crippen molar-refractivity contribution in [2.24, 2.45) is 17.3 Å². The molecule has 3 unspecified atom stereocenters. The largest absolute Gasteiger partial charge is 0.353 e. The highest BCUT2D eigenvalue weighted by molar-refractivity contribution is 6.21. The second-order valence-corrected chi connectivity index (χ2v) is 6.10. The molecule has 1 aromatic rings. The maximum Gasteiger partial charge on any atom is 0.353 e. The number of nitriles is 1. The molecule has 6 heteroatoms. The fourth-order valence-corrected chi connectivity index (χ4v) is 3.68. The van der Waals surface area contributed by atoms with Gasteiger partial charge in [0.2, 0.25) is 0 Å². The first-order valence-corrected chi connectivity index (χ1v) is 7.36. The van der Waals surface area contributed by atoms with Crippen LogP contribution in [0.15, 0.2) is 36.4 Å². The van der Waals surface area contributed by atoms with Crippen LogP contribution in [0.1, 0.15) is 33.6 Å². The molecule has 0 radical (unpaired) electrons. The molecule has 3 atom stereocenters. The molecular weight excluding hydrogens is 296 g/mol. The van der Waals surface area contributed by atoms with Gasteiger partial charge in [0.15, 0.2) is 5.41 Å². The molecule has 2 aliphatic carbocycles. The molecule has 3 aliphatic rings. The highest BCUT2D eigenvalue weighted by atomic mass is 16.7. The predicted molar refractivity (Wildman–Crippen MR) is 76.4 cm³/mol. The summed E-state index contributed by atoms with van der Waals surface area (Å²) in [5, 5.41) is 9.99. The molecule has 0 spiro atoms. The third kappa shape index (κ3) is 1.70. The molecular formula is C17H12N2O4. The molecule has 6 nitrogen and oxygen atoms in total. The summed E-state index contributed by atoms with van der Waals surface area (Å²) >= 11 is 0. The van der Waals surface area contributed by atoms with E-state index in [1.807, 2.05) is 12.2 Å². The Morgan fingerprint density at radius 3 is 2.35 bits per heavy atom. The molecule has 1 fully saturated rings. The fraction of sp³-hybridized carbons (Fsp3) is 0.294. The normalized spacial score (nSPS) is 30.5. The number of allylic oxidation sites excluding steroid dienone is 2. The molecule has 114 valence electrons. The third-order valence-corrected chi connectivity index (χ3v) is 4.88. The van der Waals surface area contributed by atoms with E-state index in [1.54, 1.807) is 12.1 Å². The van der Waals surface area contributed by atoms with E-state index in [9.17, 15) is 19.6 Å². The third-order valence-electron chi connectivity index (χ3n) is 4.88. The smallest absolute Gasteiger partial charge is 0.328 e. The highest BCUT2D eigenvalue weighted by Gasteiger charge is 2.57. The van der Waals surface area contributed by atoms with Crippen LogP contribution in [0.25, 0.3) is 0 Å². The summed E-state index contributed by atoms with van der Waals surface area (Å²) in [6.45, 7) is 0. The Balaban J connectivity index is 1.61. The lowest BCUT2D eigenvalue weighted by Gasteiger charge is -2.26. The lowest BCUT2D eigenvalue weighted by molar-refractivity contribution is -0.179. The van der Waals surface area contributed by atoms with E-state index in [-0.39, 0.29) is 23.0 Å². The monoisotopic (exact) mass is 308 g/mol. The van der Waals surface area contributed by atoms with E-state index >= 15 is 0 Å². The van der Waals surface area contributed by atoms with E-state index < -0.39 is 23.2 Å². The van der Waals surface area contributed by atoms with Crippen LogP contribution >= 0.6 is 0 Å². The van der Waals surface area contributed by atoms with E-state index in [0.717, 1.165) is 6.42 Å². The molecule has 0 saturated heterocycles. The Morgan fingerprint density at radius 2 is 1.87 bits per heavy atom. The first kappa shape index (κ1) is 13.7. The van der Waals surface area contributed by atoms with Crippen molar-refractivity contribution in [3.63, 3.8) is 0 Å². The van der Waals surface area contributed by atoms with Gasteiger partial charge in [0.1, 0.15) is 0 Å². The first-order chi connectivity index (χ1) is 11.1. The second-order valence-electron chi connectivity index (χ2n) is 6.10. The highest BCUT2D eigenvalue weighted by Crippen LogP contribution is 2.52. The summed E-state index contributed by atoms with van der Waals surface area (Å²) in [5.74, 6) is -2.22. The van der Waals surface area contributed by atoms with Crippen molar-refractivity contribution >= 4 is 17.8 Å². The topological polar surface area (TPSA) is 87.5 Å². The summed E-state index contributed by atoms with van der Waals surface area (Å²) in [7, 11) is 0. The van der Waals surface area contributed by atoms with Crippen molar-refractivity contribution in [3.05, 3.63) is 47.5 Å². The van der Waals surface area contributed by atoms with Gasteiger partial charge < -0.3 is 4.84 Å². The fourth-order valence-electron chi connectivity index (χ4n) is 3.68. The van der Waals surface area contributed by atoms with Crippen molar-refractivity contribution in [2.45, 2.75) is 12.8 Å². The quantitative estimate of drug-likeness (QED) is 0.614. The maximum absolute atomic E-state index is 12.6. The second kappa shape index (κ2) is 4.53. The van der Waals surface area contributed by atoms with Gasteiger partial charge in [-0.25, -0.2) is 4.79 Å². The van der Waals surface area contributed by atoms with Crippen molar-refractivity contribution in [1.82, 2.24) is 5.06 Å². The zero-order valence-electron chi connectivity index (χ0n) is 12.1. The number of hydrogen-bond acceptors (Lipinski definition) is 5. The Bertz CT molecular complexity index is 787. The molecule has 0 N–H and O–H groups in total. The number of nitrogens with zero attached hydrogens (tertiary/aromatic N) is 2. The van der Waals surface area contributed by atoms with Gasteiger partial charge in [-0.2, -0.15) is 5.26 Å². The van der Waals surface area contributed by atoms with Gasteiger partial charge in [0.05, 0.1) is 17.2 Å². The summed E-state index contributed by atoms with van der Waals surface area (Å²) in [6.07, 6.45) is 4.94. The van der Waals surface area contributed by atoms with Crippen molar-refractivity contribution < 1.29 is 19.2 Å². The average Bonchev–Trinajstić information content (AvgIpc) is 3.24. The van der Waals surface area contributed by atoms with Crippen LogP contribution in [-0.2, 0) is 9.63 Å². The summed E-state index contributed by atoms with van der Waals surface area (Å²) < 4.78 is 0. The van der Waals surface area contributed by atoms with Gasteiger partial charge in [-0.15, -0.1) is 0 Å². The number of amides is 2. The van der Waals surface area contributed by atoms with Crippen LogP contribution in [0.3, 0.4) is 0 Å². The van der Waals surface area contributed by atoms with E-state index in [1.165, 1.54) is 12.1 Å². The number of carbonyl (C=O) groups excluding carboxylic acids is 3. The minimum atomic E-state index is -1.31. The van der Waals surface area contributed by atoms with E-state index in [4.69, 9.17) is 4.84 Å². The molecule has 1 saturated carbocycles. The van der Waals surface area contributed by atoms with Crippen LogP contribution in [0.2, 0.25) is 0 Å². The summed E-state index contributed by atoms with van der Waals surface area (Å²) in [6, 6.07) is 8.33. The van der Waals surface area contributed by atoms with Gasteiger partial charge in [-0.1, -0.05) is 29.3 Å². The molecule has 0 aromatic heterocycles. The number of carbonyl (C=O) groups is 3. The van der Waals surface area contributed by atoms with Crippen molar-refractivity contribution in [3.8, 4) is 6.07 Å². The van der Waals surface area contributed by atoms with Crippen LogP contribution in [0.4, 0.5) is 0 Å². The minimum Gasteiger partial charge on any atom is -0.328 e. The Hall–Kier alpha value is -2.94.